The van der Waals surface area contributed by atoms with E-state index in [2.05, 4.69) is 49.1 Å². The molecule has 21 heteroatoms. The van der Waals surface area contributed by atoms with E-state index in [1.165, 1.54) is 11.8 Å². The maximum absolute atomic E-state index is 14.2. The lowest BCUT2D eigenvalue weighted by Gasteiger charge is -2.40. The third-order valence-electron chi connectivity index (χ3n) is 15.0. The van der Waals surface area contributed by atoms with Gasteiger partial charge in [-0.3, -0.25) is 34.1 Å². The van der Waals surface area contributed by atoms with Gasteiger partial charge in [-0.2, -0.15) is 0 Å². The van der Waals surface area contributed by atoms with Gasteiger partial charge in [0.2, 0.25) is 35.4 Å². The van der Waals surface area contributed by atoms with Crippen molar-refractivity contribution in [1.29, 1.82) is 0 Å². The number of hydrogen-bond donors (Lipinski definition) is 9. The summed E-state index contributed by atoms with van der Waals surface area (Å²) in [5, 5.41) is 29.2. The standard InChI is InChI=1S/C65H84N10O11/c1-39(2)51(35-41(5)61(82)83)74(12)60(81)56(64(6,7)8)73-59(80)55(67-11)65(9,10)46-22-17-23-48(36-46)70-63(85)86-38-42-26-30-47(31-27-42)69-57(78)49(24-18-34-68-62(66)84)71-58(79)54(40(3)4)72-52(76)32-33-53(77)75-37-45-21-14-13-19-43(45)28-29-44-20-15-16-25-50(44)75/h13-17,19-23,25-27,30-31,35-36,39-40,49,51,54-56,67H,18,24,32-34,37-38H2,1-12H3,(H,69,78)(H,70,85)(H,71,79)(H,72,76)(H,73,80)(H,82,83)(H3,66,68,84)/b41-35+. The largest absolute Gasteiger partial charge is 0.478 e. The van der Waals surface area contributed by atoms with Crippen LogP contribution >= 0.6 is 0 Å². The molecule has 0 aromatic heterocycles. The number of nitrogens with one attached hydrogen (secondary N) is 7. The number of nitrogens with two attached hydrogens (primary N) is 1. The van der Waals surface area contributed by atoms with Crippen LogP contribution in [0.25, 0.3) is 0 Å². The average molecular weight is 1180 g/mol. The monoisotopic (exact) mass is 1180 g/mol. The number of anilines is 3. The van der Waals surface area contributed by atoms with Crippen molar-refractivity contribution in [3.05, 3.63) is 137 Å². The number of carboxylic acids is 1. The summed E-state index contributed by atoms with van der Waals surface area (Å²) in [5.41, 5.74) is 8.68. The number of nitrogens with zero attached hydrogens (tertiary/aromatic N) is 2. The molecule has 21 nitrogen and oxygen atoms in total. The molecule has 1 heterocycles. The fraction of sp³-hybridized carbons (Fsp3) is 0.431. The number of carbonyl (C=O) groups is 9. The van der Waals surface area contributed by atoms with Crippen molar-refractivity contribution in [1.82, 2.24) is 31.5 Å². The maximum atomic E-state index is 14.2. The molecule has 460 valence electrons. The number of carbonyl (C=O) groups excluding carboxylic acids is 8. The molecular weight excluding hydrogens is 1100 g/mol. The highest BCUT2D eigenvalue weighted by Crippen LogP contribution is 2.32. The number of rotatable bonds is 26. The Kier molecular flexibility index (Phi) is 24.2. The molecule has 1 aliphatic heterocycles. The lowest BCUT2D eigenvalue weighted by molar-refractivity contribution is -0.141. The summed E-state index contributed by atoms with van der Waals surface area (Å²) in [4.78, 5) is 123. The number of para-hydroxylation sites is 1. The molecule has 0 radical (unpaired) electrons. The SMILES string of the molecule is CNC(C(=O)NC(C(=O)N(C)C(/C=C(\C)C(=O)O)C(C)C)C(C)(C)C)C(C)(C)c1cccc(NC(=O)OCc2ccc(NC(=O)C(CCCNC(N)=O)NC(=O)C(NC(=O)CCC(=O)N3Cc4ccccc4C#Cc4ccccc43)C(C)C)cc2)c1. The normalized spacial score (nSPS) is 13.9. The van der Waals surface area contributed by atoms with Gasteiger partial charge in [0.05, 0.1) is 24.3 Å². The Morgan fingerprint density at radius 1 is 0.744 bits per heavy atom. The second-order valence-corrected chi connectivity index (χ2v) is 23.7. The molecule has 0 aliphatic carbocycles. The van der Waals surface area contributed by atoms with Crippen LogP contribution in [0.1, 0.15) is 123 Å². The Morgan fingerprint density at radius 2 is 1.40 bits per heavy atom. The summed E-state index contributed by atoms with van der Waals surface area (Å²) in [5.74, 6) is 1.83. The van der Waals surface area contributed by atoms with Crippen molar-refractivity contribution in [2.45, 2.75) is 144 Å². The van der Waals surface area contributed by atoms with E-state index in [-0.39, 0.29) is 68.7 Å². The molecule has 4 aromatic rings. The van der Waals surface area contributed by atoms with E-state index in [0.29, 0.717) is 33.8 Å². The Hall–Kier alpha value is -9.03. The Labute approximate surface area is 504 Å². The highest BCUT2D eigenvalue weighted by molar-refractivity contribution is 6.00. The minimum absolute atomic E-state index is 0.0812. The Balaban J connectivity index is 1.18. The molecule has 5 unspecified atom stereocenters. The summed E-state index contributed by atoms with van der Waals surface area (Å²) in [7, 11) is 3.24. The number of hydrogen-bond acceptors (Lipinski definition) is 11. The number of amides is 9. The van der Waals surface area contributed by atoms with Crippen LogP contribution in [0.15, 0.2) is 109 Å². The zero-order valence-corrected chi connectivity index (χ0v) is 51.3. The van der Waals surface area contributed by atoms with Crippen molar-refractivity contribution in [2.75, 3.05) is 36.2 Å². The van der Waals surface area contributed by atoms with E-state index in [1.54, 1.807) is 81.4 Å². The molecule has 5 rings (SSSR count). The lowest BCUT2D eigenvalue weighted by Crippen LogP contribution is -2.61. The molecule has 0 bridgehead atoms. The minimum Gasteiger partial charge on any atom is -0.478 e. The molecule has 9 amide bonds. The topological polar surface area (TPSA) is 300 Å². The van der Waals surface area contributed by atoms with Gasteiger partial charge in [0.25, 0.3) is 0 Å². The van der Waals surface area contributed by atoms with E-state index < -0.39 is 88.7 Å². The van der Waals surface area contributed by atoms with Crippen LogP contribution in [0, 0.1) is 29.1 Å². The number of urea groups is 1. The quantitative estimate of drug-likeness (QED) is 0.0173. The van der Waals surface area contributed by atoms with E-state index >= 15 is 0 Å². The predicted molar refractivity (Wildman–Crippen MR) is 330 cm³/mol. The molecule has 86 heavy (non-hydrogen) atoms. The van der Waals surface area contributed by atoms with Crippen LogP contribution in [0.3, 0.4) is 0 Å². The molecule has 0 spiro atoms. The van der Waals surface area contributed by atoms with Crippen molar-refractivity contribution >= 4 is 70.6 Å². The van der Waals surface area contributed by atoms with Crippen LogP contribution in [-0.2, 0) is 56.9 Å². The molecule has 4 aromatic carbocycles. The number of primary amides is 1. The smallest absolute Gasteiger partial charge is 0.411 e. The van der Waals surface area contributed by atoms with Gasteiger partial charge in [-0.1, -0.05) is 135 Å². The zero-order valence-electron chi connectivity index (χ0n) is 51.3. The third kappa shape index (κ3) is 19.0. The molecule has 0 fully saturated rings. The molecular formula is C65H84N10O11. The first-order valence-electron chi connectivity index (χ1n) is 28.7. The summed E-state index contributed by atoms with van der Waals surface area (Å²) in [6.45, 7) is 18.2. The summed E-state index contributed by atoms with van der Waals surface area (Å²) in [6, 6.07) is 22.9. The van der Waals surface area contributed by atoms with Crippen LogP contribution in [0.5, 0.6) is 0 Å². The molecule has 0 saturated heterocycles. The summed E-state index contributed by atoms with van der Waals surface area (Å²) >= 11 is 0. The Bertz CT molecular complexity index is 3210. The second kappa shape index (κ2) is 30.7. The number of ether oxygens (including phenoxy) is 1. The molecule has 0 saturated carbocycles. The fourth-order valence-electron chi connectivity index (χ4n) is 9.90. The van der Waals surface area contributed by atoms with Crippen LogP contribution < -0.4 is 47.9 Å². The first-order valence-corrected chi connectivity index (χ1v) is 28.7. The van der Waals surface area contributed by atoms with Crippen LogP contribution in [-0.4, -0.2) is 114 Å². The van der Waals surface area contributed by atoms with Crippen LogP contribution in [0.2, 0.25) is 0 Å². The second-order valence-electron chi connectivity index (χ2n) is 23.7. The Morgan fingerprint density at radius 3 is 2.02 bits per heavy atom. The fourth-order valence-corrected chi connectivity index (χ4v) is 9.90. The van der Waals surface area contributed by atoms with E-state index in [9.17, 15) is 48.3 Å². The highest BCUT2D eigenvalue weighted by atomic mass is 16.5. The first-order chi connectivity index (χ1) is 40.5. The van der Waals surface area contributed by atoms with E-state index in [4.69, 9.17) is 10.5 Å². The van der Waals surface area contributed by atoms with Gasteiger partial charge in [-0.05, 0) is 103 Å². The van der Waals surface area contributed by atoms with E-state index in [0.717, 1.165) is 11.1 Å². The van der Waals surface area contributed by atoms with Gasteiger partial charge in [-0.15, -0.1) is 0 Å². The van der Waals surface area contributed by atoms with Crippen molar-refractivity contribution in [2.24, 2.45) is 23.0 Å². The van der Waals surface area contributed by atoms with Gasteiger partial charge < -0.3 is 57.3 Å². The number of aliphatic carboxylic acids is 1. The van der Waals surface area contributed by atoms with E-state index in [1.807, 2.05) is 103 Å². The van der Waals surface area contributed by atoms with Gasteiger partial charge in [0, 0.05) is 59.9 Å². The summed E-state index contributed by atoms with van der Waals surface area (Å²) in [6.07, 6.45) is 0.742. The van der Waals surface area contributed by atoms with Crippen molar-refractivity contribution in [3.8, 4) is 11.8 Å². The molecule has 10 N–H and O–H groups in total. The highest BCUT2D eigenvalue weighted by Gasteiger charge is 2.42. The van der Waals surface area contributed by atoms with Gasteiger partial charge in [-0.25, -0.2) is 14.4 Å². The molecule has 5 atom stereocenters. The average Bonchev–Trinajstić information content (AvgIpc) is 3.59. The zero-order chi connectivity index (χ0) is 63.6. The van der Waals surface area contributed by atoms with Gasteiger partial charge >= 0.3 is 18.1 Å². The third-order valence-corrected chi connectivity index (χ3v) is 15.0. The number of benzene rings is 4. The van der Waals surface area contributed by atoms with Crippen LogP contribution in [0.4, 0.5) is 26.7 Å². The molecule has 1 aliphatic rings. The maximum Gasteiger partial charge on any atom is 0.411 e. The van der Waals surface area contributed by atoms with Gasteiger partial charge in [0.1, 0.15) is 24.7 Å². The number of likely N-dealkylation sites (N-methyl/N-ethyl adjacent to an activating group) is 2. The number of fused-ring (bicyclic) bond motifs is 2. The minimum atomic E-state index is -1.12. The summed E-state index contributed by atoms with van der Waals surface area (Å²) < 4.78 is 5.56. The van der Waals surface area contributed by atoms with Gasteiger partial charge in [0.15, 0.2) is 0 Å². The van der Waals surface area contributed by atoms with Crippen molar-refractivity contribution in [3.63, 3.8) is 0 Å². The first kappa shape index (κ1) is 67.8. The van der Waals surface area contributed by atoms with Crippen molar-refractivity contribution < 1.29 is 53.0 Å². The number of carboxylic acid groups (broad SMARTS) is 1. The predicted octanol–water partition coefficient (Wildman–Crippen LogP) is 7.09. The lowest BCUT2D eigenvalue weighted by atomic mass is 9.76.